The van der Waals surface area contributed by atoms with Gasteiger partial charge in [-0.05, 0) is 41.3 Å². The Bertz CT molecular complexity index is 645. The maximum Gasteiger partial charge on any atom is 0.144 e. The summed E-state index contributed by atoms with van der Waals surface area (Å²) in [6.45, 7) is 2.02. The Balaban J connectivity index is 2.14. The van der Waals surface area contributed by atoms with Crippen molar-refractivity contribution in [3.8, 4) is 0 Å². The smallest absolute Gasteiger partial charge is 0.144 e. The molecule has 2 nitrogen and oxygen atoms in total. The fourth-order valence-corrected chi connectivity index (χ4v) is 2.77. The second-order valence-corrected chi connectivity index (χ2v) is 5.96. The van der Waals surface area contributed by atoms with Crippen molar-refractivity contribution in [3.05, 3.63) is 56.5 Å². The van der Waals surface area contributed by atoms with Gasteiger partial charge in [-0.15, -0.1) is 0 Å². The highest BCUT2D eigenvalue weighted by molar-refractivity contribution is 9.10. The zero-order valence-electron chi connectivity index (χ0n) is 10.0. The summed E-state index contributed by atoms with van der Waals surface area (Å²) in [5.41, 5.74) is 2.43. The average Bonchev–Trinajstić information content (AvgIpc) is 3.18. The molecule has 0 saturated heterocycles. The summed E-state index contributed by atoms with van der Waals surface area (Å²) < 4.78 is 1.54. The van der Waals surface area contributed by atoms with Crippen LogP contribution in [0.25, 0.3) is 0 Å². The van der Waals surface area contributed by atoms with Crippen LogP contribution in [0.4, 0.5) is 0 Å². The number of H-pyrrole nitrogens is 1. The van der Waals surface area contributed by atoms with E-state index in [1.54, 1.807) is 0 Å². The minimum absolute atomic E-state index is 0.0558. The molecular weight excluding hydrogens is 308 g/mol. The molecule has 1 aromatic heterocycles. The third kappa shape index (κ3) is 1.84. The number of benzene rings is 1. The van der Waals surface area contributed by atoms with Crippen LogP contribution in [0.2, 0.25) is 0 Å². The van der Waals surface area contributed by atoms with Gasteiger partial charge in [0.2, 0.25) is 0 Å². The van der Waals surface area contributed by atoms with Crippen LogP contribution in [-0.4, -0.2) is 9.97 Å². The highest BCUT2D eigenvalue weighted by Crippen LogP contribution is 2.52. The van der Waals surface area contributed by atoms with Crippen molar-refractivity contribution in [2.45, 2.75) is 25.2 Å². The molecule has 1 heterocycles. The van der Waals surface area contributed by atoms with Crippen LogP contribution >= 0.6 is 28.1 Å². The molecule has 0 spiro atoms. The van der Waals surface area contributed by atoms with Gasteiger partial charge in [0, 0.05) is 5.69 Å². The third-order valence-corrected chi connectivity index (χ3v) is 5.09. The number of nitrogens with zero attached hydrogens (tertiary/aromatic N) is 1. The summed E-state index contributed by atoms with van der Waals surface area (Å²) in [5, 5.41) is 0. The number of hydrogen-bond acceptors (Lipinski definition) is 2. The van der Waals surface area contributed by atoms with Crippen molar-refractivity contribution < 1.29 is 0 Å². The summed E-state index contributed by atoms with van der Waals surface area (Å²) in [5.74, 6) is 0.999. The highest BCUT2D eigenvalue weighted by atomic mass is 79.9. The molecule has 1 aliphatic carbocycles. The fourth-order valence-electron chi connectivity index (χ4n) is 2.34. The van der Waals surface area contributed by atoms with E-state index >= 15 is 0 Å². The van der Waals surface area contributed by atoms with Crippen LogP contribution in [0, 0.1) is 11.6 Å². The van der Waals surface area contributed by atoms with Gasteiger partial charge in [0.05, 0.1) is 9.89 Å². The third-order valence-electron chi connectivity index (χ3n) is 3.57. The van der Waals surface area contributed by atoms with Crippen LogP contribution in [0.3, 0.4) is 0 Å². The lowest BCUT2D eigenvalue weighted by atomic mass is 9.95. The second kappa shape index (κ2) is 4.28. The topological polar surface area (TPSA) is 28.7 Å². The lowest BCUT2D eigenvalue weighted by Gasteiger charge is -2.16. The molecule has 0 atom stereocenters. The molecule has 0 amide bonds. The first-order valence-corrected chi connectivity index (χ1v) is 7.16. The van der Waals surface area contributed by atoms with Crippen LogP contribution in [0.5, 0.6) is 0 Å². The van der Waals surface area contributed by atoms with Crippen LogP contribution < -0.4 is 0 Å². The molecule has 0 bridgehead atoms. The maximum absolute atomic E-state index is 5.30. The van der Waals surface area contributed by atoms with E-state index in [4.69, 9.17) is 12.2 Å². The molecule has 1 N–H and O–H groups in total. The first kappa shape index (κ1) is 12.1. The zero-order chi connectivity index (χ0) is 12.8. The molecule has 1 fully saturated rings. The van der Waals surface area contributed by atoms with Gasteiger partial charge in [-0.3, -0.25) is 0 Å². The minimum atomic E-state index is 0.0558. The number of aromatic nitrogens is 2. The zero-order valence-corrected chi connectivity index (χ0v) is 12.4. The standard InChI is InChI=1S/C14H13BrN2S/c1-9-11(15)12(18)17-13(16-9)14(7-8-14)10-5-3-2-4-6-10/h2-6H,7-8H2,1H3,(H,16,17,18). The van der Waals surface area contributed by atoms with Crippen molar-refractivity contribution in [2.24, 2.45) is 0 Å². The van der Waals surface area contributed by atoms with Crippen molar-refractivity contribution >= 4 is 28.1 Å². The number of rotatable bonds is 2. The van der Waals surface area contributed by atoms with E-state index in [0.29, 0.717) is 4.64 Å². The summed E-state index contributed by atoms with van der Waals surface area (Å²) in [7, 11) is 0. The predicted molar refractivity (Wildman–Crippen MR) is 78.3 cm³/mol. The van der Waals surface area contributed by atoms with Gasteiger partial charge in [0.25, 0.3) is 0 Å². The fraction of sp³-hybridized carbons (Fsp3) is 0.286. The molecule has 18 heavy (non-hydrogen) atoms. The van der Waals surface area contributed by atoms with E-state index in [1.165, 1.54) is 5.56 Å². The number of halogens is 1. The molecule has 92 valence electrons. The Hall–Kier alpha value is -1.00. The monoisotopic (exact) mass is 320 g/mol. The second-order valence-electron chi connectivity index (χ2n) is 4.78. The van der Waals surface area contributed by atoms with Gasteiger partial charge in [0.15, 0.2) is 0 Å². The molecule has 4 heteroatoms. The first-order chi connectivity index (χ1) is 8.63. The minimum Gasteiger partial charge on any atom is -0.346 e. The van der Waals surface area contributed by atoms with Crippen molar-refractivity contribution in [3.63, 3.8) is 0 Å². The number of aromatic amines is 1. The van der Waals surface area contributed by atoms with E-state index < -0.39 is 0 Å². The Kier molecular flexibility index (Phi) is 2.87. The van der Waals surface area contributed by atoms with Crippen LogP contribution in [0.1, 0.15) is 29.9 Å². The Morgan fingerprint density at radius 2 is 1.94 bits per heavy atom. The lowest BCUT2D eigenvalue weighted by molar-refractivity contribution is 0.742. The van der Waals surface area contributed by atoms with Gasteiger partial charge >= 0.3 is 0 Å². The van der Waals surface area contributed by atoms with Crippen molar-refractivity contribution in [1.29, 1.82) is 0 Å². The average molecular weight is 321 g/mol. The quantitative estimate of drug-likeness (QED) is 0.836. The first-order valence-electron chi connectivity index (χ1n) is 5.96. The highest BCUT2D eigenvalue weighted by Gasteiger charge is 2.48. The number of aryl methyl sites for hydroxylation is 1. The van der Waals surface area contributed by atoms with Gasteiger partial charge < -0.3 is 4.98 Å². The molecule has 2 aromatic rings. The molecular formula is C14H13BrN2S. The molecule has 0 unspecified atom stereocenters. The van der Waals surface area contributed by atoms with Gasteiger partial charge in [-0.2, -0.15) is 0 Å². The maximum atomic E-state index is 5.30. The van der Waals surface area contributed by atoms with Crippen molar-refractivity contribution in [1.82, 2.24) is 9.97 Å². The van der Waals surface area contributed by atoms with E-state index in [1.807, 2.05) is 13.0 Å². The SMILES string of the molecule is Cc1[nH]c(C2(c3ccccc3)CC2)nc(=S)c1Br. The Morgan fingerprint density at radius 3 is 2.50 bits per heavy atom. The van der Waals surface area contributed by atoms with Gasteiger partial charge in [0.1, 0.15) is 10.5 Å². The predicted octanol–water partition coefficient (Wildman–Crippen LogP) is 4.29. The summed E-state index contributed by atoms with van der Waals surface area (Å²) >= 11 is 8.76. The molecule has 0 radical (unpaired) electrons. The van der Waals surface area contributed by atoms with Gasteiger partial charge in [-0.1, -0.05) is 42.5 Å². The summed E-state index contributed by atoms with van der Waals surface area (Å²) in [6.07, 6.45) is 2.27. The molecule has 1 aliphatic rings. The number of nitrogens with one attached hydrogen (secondary N) is 1. The Labute approximate surface area is 120 Å². The van der Waals surface area contributed by atoms with E-state index in [2.05, 4.69) is 50.2 Å². The summed E-state index contributed by atoms with van der Waals surface area (Å²) in [6, 6.07) is 10.5. The molecule has 3 rings (SSSR count). The van der Waals surface area contributed by atoms with Crippen LogP contribution in [0.15, 0.2) is 34.8 Å². The molecule has 0 aliphatic heterocycles. The largest absolute Gasteiger partial charge is 0.346 e. The van der Waals surface area contributed by atoms with E-state index in [0.717, 1.165) is 28.8 Å². The molecule has 1 aromatic carbocycles. The summed E-state index contributed by atoms with van der Waals surface area (Å²) in [4.78, 5) is 7.95. The van der Waals surface area contributed by atoms with E-state index in [9.17, 15) is 0 Å². The molecule has 1 saturated carbocycles. The number of hydrogen-bond donors (Lipinski definition) is 1. The normalized spacial score (nSPS) is 16.6. The van der Waals surface area contributed by atoms with Gasteiger partial charge in [-0.25, -0.2) is 4.98 Å². The lowest BCUT2D eigenvalue weighted by Crippen LogP contribution is -2.14. The van der Waals surface area contributed by atoms with E-state index in [-0.39, 0.29) is 5.41 Å². The van der Waals surface area contributed by atoms with Crippen LogP contribution in [-0.2, 0) is 5.41 Å². The Morgan fingerprint density at radius 1 is 1.28 bits per heavy atom. The van der Waals surface area contributed by atoms with Crippen molar-refractivity contribution in [2.75, 3.05) is 0 Å².